The first-order valence-corrected chi connectivity index (χ1v) is 7.96. The third-order valence-electron chi connectivity index (χ3n) is 5.19. The highest BCUT2D eigenvalue weighted by atomic mass is 16.6. The molecule has 3 fully saturated rings. The number of ether oxygens (including phenoxy) is 1. The summed E-state index contributed by atoms with van der Waals surface area (Å²) >= 11 is 0. The number of rotatable bonds is 3. The average molecular weight is 310 g/mol. The molecule has 3 aliphatic rings. The predicted molar refractivity (Wildman–Crippen MR) is 83.6 cm³/mol. The number of hydrogen-bond donors (Lipinski definition) is 2. The van der Waals surface area contributed by atoms with E-state index in [1.807, 2.05) is 24.3 Å². The molecule has 5 heteroatoms. The summed E-state index contributed by atoms with van der Waals surface area (Å²) < 4.78 is 5.27. The van der Waals surface area contributed by atoms with E-state index in [2.05, 4.69) is 16.6 Å². The summed E-state index contributed by atoms with van der Waals surface area (Å²) in [5, 5.41) is 5.88. The fraction of sp³-hybridized carbons (Fsp3) is 0.444. The molecular formula is C18H18N2O3. The van der Waals surface area contributed by atoms with Crippen molar-refractivity contribution in [3.05, 3.63) is 35.4 Å². The molecule has 1 saturated heterocycles. The van der Waals surface area contributed by atoms with Crippen LogP contribution in [0.3, 0.4) is 0 Å². The molecule has 1 aliphatic heterocycles. The van der Waals surface area contributed by atoms with Gasteiger partial charge < -0.3 is 15.4 Å². The number of hydrogen-bond acceptors (Lipinski definition) is 3. The van der Waals surface area contributed by atoms with E-state index in [4.69, 9.17) is 11.2 Å². The van der Waals surface area contributed by atoms with Crippen LogP contribution in [0.1, 0.15) is 36.8 Å². The number of terminal acetylenes is 1. The van der Waals surface area contributed by atoms with Gasteiger partial charge in [-0.05, 0) is 37.0 Å². The summed E-state index contributed by atoms with van der Waals surface area (Å²) in [5.41, 5.74) is 1.37. The molecule has 2 saturated carbocycles. The highest BCUT2D eigenvalue weighted by molar-refractivity contribution is 5.91. The summed E-state index contributed by atoms with van der Waals surface area (Å²) in [5.74, 6) is 2.61. The normalized spacial score (nSPS) is 29.9. The maximum atomic E-state index is 12.8. The number of amides is 2. The van der Waals surface area contributed by atoms with Crippen molar-refractivity contribution in [2.75, 3.05) is 0 Å². The summed E-state index contributed by atoms with van der Waals surface area (Å²) in [6.45, 7) is 0. The van der Waals surface area contributed by atoms with Gasteiger partial charge in [0.25, 0.3) is 0 Å². The first-order chi connectivity index (χ1) is 11.1. The minimum Gasteiger partial charge on any atom is -0.444 e. The predicted octanol–water partition coefficient (Wildman–Crippen LogP) is 1.46. The van der Waals surface area contributed by atoms with Crippen LogP contribution in [0.5, 0.6) is 0 Å². The van der Waals surface area contributed by atoms with E-state index in [1.165, 1.54) is 0 Å². The lowest BCUT2D eigenvalue weighted by Gasteiger charge is -2.24. The zero-order valence-electron chi connectivity index (χ0n) is 12.7. The standard InChI is InChI=1S/C18H18N2O3/c1-2-11-3-5-12(6-4-11)18(7-8-18)16(21)20-14-9-13-10-15(14)23-17(22)19-13/h1,3-6,13-15H,7-10H2,(H,19,22)(H,20,21)/t13-,14-,15-/m1/s1. The van der Waals surface area contributed by atoms with E-state index in [-0.39, 0.29) is 30.2 Å². The summed E-state index contributed by atoms with van der Waals surface area (Å²) in [6.07, 6.45) is 7.96. The Hall–Kier alpha value is -2.48. The van der Waals surface area contributed by atoms with Gasteiger partial charge in [-0.3, -0.25) is 4.79 Å². The molecule has 23 heavy (non-hydrogen) atoms. The largest absolute Gasteiger partial charge is 0.444 e. The van der Waals surface area contributed by atoms with Gasteiger partial charge in [-0.2, -0.15) is 0 Å². The van der Waals surface area contributed by atoms with Crippen molar-refractivity contribution in [3.8, 4) is 12.3 Å². The Morgan fingerprint density at radius 2 is 2.04 bits per heavy atom. The number of fused-ring (bicyclic) bond motifs is 2. The first-order valence-electron chi connectivity index (χ1n) is 7.96. The Morgan fingerprint density at radius 1 is 1.30 bits per heavy atom. The molecule has 118 valence electrons. The van der Waals surface area contributed by atoms with Crippen LogP contribution in [0.15, 0.2) is 24.3 Å². The lowest BCUT2D eigenvalue weighted by Crippen LogP contribution is -2.46. The van der Waals surface area contributed by atoms with Gasteiger partial charge in [-0.15, -0.1) is 6.42 Å². The minimum absolute atomic E-state index is 0.0274. The van der Waals surface area contributed by atoms with E-state index in [0.717, 1.165) is 36.8 Å². The van der Waals surface area contributed by atoms with Gasteiger partial charge in [0.1, 0.15) is 6.10 Å². The maximum absolute atomic E-state index is 12.8. The zero-order valence-corrected chi connectivity index (χ0v) is 12.7. The van der Waals surface area contributed by atoms with Gasteiger partial charge >= 0.3 is 6.09 Å². The molecule has 1 heterocycles. The molecule has 1 aromatic carbocycles. The Bertz CT molecular complexity index is 700. The fourth-order valence-electron chi connectivity index (χ4n) is 3.70. The molecule has 2 amide bonds. The molecule has 0 aromatic heterocycles. The smallest absolute Gasteiger partial charge is 0.407 e. The summed E-state index contributed by atoms with van der Waals surface area (Å²) in [6, 6.07) is 7.63. The van der Waals surface area contributed by atoms with Gasteiger partial charge in [-0.1, -0.05) is 18.1 Å². The monoisotopic (exact) mass is 310 g/mol. The molecule has 0 radical (unpaired) electrons. The van der Waals surface area contributed by atoms with E-state index in [1.54, 1.807) is 0 Å². The molecule has 0 unspecified atom stereocenters. The Morgan fingerprint density at radius 3 is 2.70 bits per heavy atom. The van der Waals surface area contributed by atoms with Crippen molar-refractivity contribution in [2.24, 2.45) is 0 Å². The Labute approximate surface area is 134 Å². The van der Waals surface area contributed by atoms with Gasteiger partial charge in [0.2, 0.25) is 5.91 Å². The molecule has 0 spiro atoms. The number of carbonyl (C=O) groups excluding carboxylic acids is 2. The van der Waals surface area contributed by atoms with Crippen LogP contribution < -0.4 is 10.6 Å². The SMILES string of the molecule is C#Cc1ccc(C2(C(=O)N[C@@H]3C[C@@H]4C[C@H]3OC(=O)N4)CC2)cc1. The van der Waals surface area contributed by atoms with Gasteiger partial charge in [0.05, 0.1) is 11.5 Å². The van der Waals surface area contributed by atoms with Crippen molar-refractivity contribution >= 4 is 12.0 Å². The summed E-state index contributed by atoms with van der Waals surface area (Å²) in [7, 11) is 0. The van der Waals surface area contributed by atoms with Gasteiger partial charge in [0, 0.05) is 18.0 Å². The van der Waals surface area contributed by atoms with Crippen molar-refractivity contribution in [3.63, 3.8) is 0 Å². The van der Waals surface area contributed by atoms with E-state index in [0.29, 0.717) is 0 Å². The molecule has 2 aliphatic carbocycles. The third kappa shape index (κ3) is 2.35. The number of nitrogens with one attached hydrogen (secondary N) is 2. The van der Waals surface area contributed by atoms with Crippen LogP contribution in [0.4, 0.5) is 4.79 Å². The number of alkyl carbamates (subject to hydrolysis) is 1. The van der Waals surface area contributed by atoms with Gasteiger partial charge in [-0.25, -0.2) is 4.79 Å². The number of benzene rings is 1. The van der Waals surface area contributed by atoms with Crippen LogP contribution in [0, 0.1) is 12.3 Å². The van der Waals surface area contributed by atoms with E-state index >= 15 is 0 Å². The van der Waals surface area contributed by atoms with E-state index in [9.17, 15) is 9.59 Å². The Balaban J connectivity index is 1.48. The topological polar surface area (TPSA) is 67.4 Å². The lowest BCUT2D eigenvalue weighted by molar-refractivity contribution is -0.125. The van der Waals surface area contributed by atoms with Crippen molar-refractivity contribution in [1.29, 1.82) is 0 Å². The van der Waals surface area contributed by atoms with Gasteiger partial charge in [0.15, 0.2) is 0 Å². The van der Waals surface area contributed by atoms with Crippen molar-refractivity contribution in [1.82, 2.24) is 10.6 Å². The first kappa shape index (κ1) is 14.1. The molecule has 5 nitrogen and oxygen atoms in total. The van der Waals surface area contributed by atoms with Crippen LogP contribution in [0.25, 0.3) is 0 Å². The number of carbonyl (C=O) groups is 2. The highest BCUT2D eigenvalue weighted by Crippen LogP contribution is 2.48. The van der Waals surface area contributed by atoms with Crippen LogP contribution in [0.2, 0.25) is 0 Å². The molecule has 1 aromatic rings. The molecule has 3 atom stereocenters. The second-order valence-corrected chi connectivity index (χ2v) is 6.64. The second-order valence-electron chi connectivity index (χ2n) is 6.64. The van der Waals surface area contributed by atoms with Crippen LogP contribution in [-0.2, 0) is 14.9 Å². The maximum Gasteiger partial charge on any atom is 0.407 e. The molecular weight excluding hydrogens is 292 g/mol. The lowest BCUT2D eigenvalue weighted by atomic mass is 9.93. The zero-order chi connectivity index (χ0) is 16.0. The third-order valence-corrected chi connectivity index (χ3v) is 5.19. The van der Waals surface area contributed by atoms with E-state index < -0.39 is 5.41 Å². The summed E-state index contributed by atoms with van der Waals surface area (Å²) in [4.78, 5) is 24.2. The average Bonchev–Trinajstić information content (AvgIpc) is 3.30. The molecule has 2 N–H and O–H groups in total. The van der Waals surface area contributed by atoms with Crippen molar-refractivity contribution in [2.45, 2.75) is 49.3 Å². The van der Waals surface area contributed by atoms with Crippen LogP contribution in [-0.4, -0.2) is 30.2 Å². The quantitative estimate of drug-likeness (QED) is 0.831. The molecule has 4 rings (SSSR count). The fourth-order valence-corrected chi connectivity index (χ4v) is 3.70. The van der Waals surface area contributed by atoms with Crippen molar-refractivity contribution < 1.29 is 14.3 Å². The Kier molecular flexibility index (Phi) is 3.08. The highest BCUT2D eigenvalue weighted by Gasteiger charge is 2.53. The van der Waals surface area contributed by atoms with Crippen LogP contribution >= 0.6 is 0 Å². The minimum atomic E-state index is -0.443. The molecule has 2 bridgehead atoms. The second kappa shape index (κ2) is 5.02.